The predicted octanol–water partition coefficient (Wildman–Crippen LogP) is 2.98. The Hall–Kier alpha value is -3.09. The van der Waals surface area contributed by atoms with Crippen LogP contribution in [0.5, 0.6) is 0 Å². The van der Waals surface area contributed by atoms with E-state index in [1.807, 2.05) is 0 Å². The van der Waals surface area contributed by atoms with Crippen LogP contribution in [-0.2, 0) is 9.47 Å². The molecule has 0 radical (unpaired) electrons. The third kappa shape index (κ3) is 5.44. The van der Waals surface area contributed by atoms with Crippen LogP contribution in [-0.4, -0.2) is 84.9 Å². The lowest BCUT2D eigenvalue weighted by Gasteiger charge is -2.28. The molecular weight excluding hydrogens is 460 g/mol. The molecule has 4 unspecified atom stereocenters. The van der Waals surface area contributed by atoms with Crippen molar-refractivity contribution >= 4 is 18.2 Å². The Morgan fingerprint density at radius 2 is 1.63 bits per heavy atom. The first kappa shape index (κ1) is 25.0. The van der Waals surface area contributed by atoms with Crippen LogP contribution in [0.3, 0.4) is 0 Å². The van der Waals surface area contributed by atoms with Crippen LogP contribution in [0.15, 0.2) is 4.42 Å². The molecule has 194 valence electrons. The van der Waals surface area contributed by atoms with Crippen molar-refractivity contribution in [3.63, 3.8) is 0 Å². The summed E-state index contributed by atoms with van der Waals surface area (Å²) in [5.41, 5.74) is -1.38. The van der Waals surface area contributed by atoms with Gasteiger partial charge >= 0.3 is 18.2 Å². The van der Waals surface area contributed by atoms with Gasteiger partial charge in [-0.2, -0.15) is 0 Å². The molecule has 0 aromatic carbocycles. The zero-order chi connectivity index (χ0) is 25.7. The van der Waals surface area contributed by atoms with E-state index in [0.29, 0.717) is 25.8 Å². The van der Waals surface area contributed by atoms with Crippen molar-refractivity contribution in [3.05, 3.63) is 11.8 Å². The second-order valence-electron chi connectivity index (χ2n) is 11.2. The number of rotatable bonds is 3. The maximum atomic E-state index is 13.0. The second kappa shape index (κ2) is 8.85. The van der Waals surface area contributed by atoms with E-state index in [9.17, 15) is 19.6 Å². The molecule has 0 spiro atoms. The quantitative estimate of drug-likeness (QED) is 0.604. The van der Waals surface area contributed by atoms with Gasteiger partial charge in [-0.1, -0.05) is 0 Å². The fourth-order valence-electron chi connectivity index (χ4n) is 4.59. The smallest absolute Gasteiger partial charge is 0.411 e. The van der Waals surface area contributed by atoms with Gasteiger partial charge in [0.1, 0.15) is 23.3 Å². The minimum Gasteiger partial charge on any atom is -0.444 e. The van der Waals surface area contributed by atoms with Gasteiger partial charge < -0.3 is 24.1 Å². The third-order valence-electron chi connectivity index (χ3n) is 6.02. The lowest BCUT2D eigenvalue weighted by molar-refractivity contribution is -0.0584. The van der Waals surface area contributed by atoms with E-state index in [1.165, 1.54) is 9.80 Å². The summed E-state index contributed by atoms with van der Waals surface area (Å²) in [5.74, 6) is 0.434. The van der Waals surface area contributed by atoms with E-state index in [2.05, 4.69) is 15.5 Å². The highest BCUT2D eigenvalue weighted by Gasteiger charge is 2.48. The number of likely N-dealkylation sites (tertiary alicyclic amines) is 1. The number of carbonyl (C=O) groups is 3. The Bertz CT molecular complexity index is 984. The van der Waals surface area contributed by atoms with E-state index in [1.54, 1.807) is 41.5 Å². The van der Waals surface area contributed by atoms with Gasteiger partial charge in [-0.15, -0.1) is 10.2 Å². The molecule has 3 aliphatic rings. The first-order valence-corrected chi connectivity index (χ1v) is 11.8. The zero-order valence-electron chi connectivity index (χ0n) is 21.0. The SMILES string of the molecule is CC(C)(C)OC(=O)NC1CC(c2nnc(C3CCC4CN3C(=O)N4O)o2)N(C(=O)OC(C)(C)C)C1. The van der Waals surface area contributed by atoms with Crippen LogP contribution in [0, 0.1) is 0 Å². The summed E-state index contributed by atoms with van der Waals surface area (Å²) in [6.45, 7) is 11.2. The molecule has 4 rings (SSSR count). The summed E-state index contributed by atoms with van der Waals surface area (Å²) >= 11 is 0. The summed E-state index contributed by atoms with van der Waals surface area (Å²) in [4.78, 5) is 40.6. The van der Waals surface area contributed by atoms with E-state index < -0.39 is 47.5 Å². The number of carbonyl (C=O) groups excluding carboxylic acids is 3. The summed E-state index contributed by atoms with van der Waals surface area (Å²) < 4.78 is 16.9. The molecule has 1 aromatic rings. The van der Waals surface area contributed by atoms with Crippen molar-refractivity contribution in [2.75, 3.05) is 13.1 Å². The molecule has 35 heavy (non-hydrogen) atoms. The minimum atomic E-state index is -0.719. The normalized spacial score (nSPS) is 26.8. The number of aromatic nitrogens is 2. The molecule has 3 fully saturated rings. The number of alkyl carbamates (subject to hydrolysis) is 1. The van der Waals surface area contributed by atoms with Crippen LogP contribution >= 0.6 is 0 Å². The van der Waals surface area contributed by atoms with Crippen molar-refractivity contribution in [1.29, 1.82) is 0 Å². The molecule has 3 aliphatic heterocycles. The van der Waals surface area contributed by atoms with Crippen LogP contribution in [0.4, 0.5) is 14.4 Å². The number of ether oxygens (including phenoxy) is 2. The summed E-state index contributed by atoms with van der Waals surface area (Å²) in [6, 6.07) is -2.24. The Balaban J connectivity index is 1.52. The molecule has 2 N–H and O–H groups in total. The van der Waals surface area contributed by atoms with Gasteiger partial charge in [0.25, 0.3) is 0 Å². The number of hydroxylamine groups is 2. The molecule has 4 amide bonds. The minimum absolute atomic E-state index is 0.172. The van der Waals surface area contributed by atoms with Crippen molar-refractivity contribution in [2.24, 2.45) is 0 Å². The summed E-state index contributed by atoms with van der Waals surface area (Å²) in [5, 5.41) is 21.8. The van der Waals surface area contributed by atoms with Gasteiger partial charge in [0.15, 0.2) is 0 Å². The molecule has 4 heterocycles. The number of hydrogen-bond acceptors (Lipinski definition) is 9. The van der Waals surface area contributed by atoms with Crippen LogP contribution in [0.2, 0.25) is 0 Å². The summed E-state index contributed by atoms with van der Waals surface area (Å²) in [6.07, 6.45) is 0.340. The Labute approximate surface area is 203 Å². The molecule has 13 nitrogen and oxygen atoms in total. The number of urea groups is 1. The fraction of sp³-hybridized carbons (Fsp3) is 0.773. The largest absolute Gasteiger partial charge is 0.444 e. The highest BCUT2D eigenvalue weighted by molar-refractivity contribution is 5.76. The number of hydrogen-bond donors (Lipinski definition) is 2. The van der Waals surface area contributed by atoms with Crippen molar-refractivity contribution in [1.82, 2.24) is 30.4 Å². The van der Waals surface area contributed by atoms with E-state index in [0.717, 1.165) is 5.06 Å². The van der Waals surface area contributed by atoms with Gasteiger partial charge in [0.05, 0.1) is 12.1 Å². The molecule has 1 aromatic heterocycles. The number of amides is 4. The average Bonchev–Trinajstić information content (AvgIpc) is 3.41. The van der Waals surface area contributed by atoms with E-state index in [-0.39, 0.29) is 24.4 Å². The Morgan fingerprint density at radius 3 is 2.26 bits per heavy atom. The first-order chi connectivity index (χ1) is 16.2. The van der Waals surface area contributed by atoms with Crippen LogP contribution in [0.25, 0.3) is 0 Å². The number of fused-ring (bicyclic) bond motifs is 2. The van der Waals surface area contributed by atoms with Gasteiger partial charge in [0, 0.05) is 13.1 Å². The first-order valence-electron chi connectivity index (χ1n) is 11.8. The molecule has 0 aliphatic carbocycles. The Morgan fingerprint density at radius 1 is 1.00 bits per heavy atom. The average molecular weight is 495 g/mol. The van der Waals surface area contributed by atoms with Gasteiger partial charge in [0.2, 0.25) is 11.8 Å². The third-order valence-corrected chi connectivity index (χ3v) is 6.02. The molecule has 4 atom stereocenters. The number of nitrogens with one attached hydrogen (secondary N) is 1. The van der Waals surface area contributed by atoms with Crippen molar-refractivity contribution in [2.45, 2.75) is 96.2 Å². The highest BCUT2D eigenvalue weighted by Crippen LogP contribution is 2.39. The molecule has 13 heteroatoms. The number of nitrogens with zero attached hydrogens (tertiary/aromatic N) is 5. The Kier molecular flexibility index (Phi) is 6.32. The predicted molar refractivity (Wildman–Crippen MR) is 119 cm³/mol. The van der Waals surface area contributed by atoms with Gasteiger partial charge in [-0.3, -0.25) is 10.1 Å². The second-order valence-corrected chi connectivity index (χ2v) is 11.2. The maximum absolute atomic E-state index is 13.0. The molecule has 2 bridgehead atoms. The standard InChI is InChI=1S/C22H34N6O7/c1-21(2,3)34-18(29)23-12-9-15(27(10-12)20(31)35-22(4,5)6)17-25-24-16(33-17)14-8-7-13-11-26(14)19(30)28(13)32/h12-15,32H,7-11H2,1-6H3,(H,23,29). The molecule has 0 saturated carbocycles. The van der Waals surface area contributed by atoms with E-state index >= 15 is 0 Å². The summed E-state index contributed by atoms with van der Waals surface area (Å²) in [7, 11) is 0. The fourth-order valence-corrected chi connectivity index (χ4v) is 4.59. The monoisotopic (exact) mass is 494 g/mol. The van der Waals surface area contributed by atoms with E-state index in [4.69, 9.17) is 13.9 Å². The number of piperidine rings is 1. The van der Waals surface area contributed by atoms with Gasteiger partial charge in [-0.05, 0) is 60.8 Å². The lowest BCUT2D eigenvalue weighted by Crippen LogP contribution is -2.42. The highest BCUT2D eigenvalue weighted by atomic mass is 16.6. The molecule has 3 saturated heterocycles. The zero-order valence-corrected chi connectivity index (χ0v) is 21.0. The van der Waals surface area contributed by atoms with Crippen molar-refractivity contribution in [3.8, 4) is 0 Å². The maximum Gasteiger partial charge on any atom is 0.411 e. The lowest BCUT2D eigenvalue weighted by atomic mass is 10.0. The molecular formula is C22H34N6O7. The van der Waals surface area contributed by atoms with Crippen molar-refractivity contribution < 1.29 is 33.5 Å². The topological polar surface area (TPSA) is 151 Å². The van der Waals surface area contributed by atoms with Crippen LogP contribution < -0.4 is 5.32 Å². The van der Waals surface area contributed by atoms with Gasteiger partial charge in [-0.25, -0.2) is 19.4 Å². The van der Waals surface area contributed by atoms with Crippen LogP contribution in [0.1, 0.15) is 84.7 Å².